The first-order chi connectivity index (χ1) is 9.55. The molecule has 20 heavy (non-hydrogen) atoms. The molecule has 1 heterocycles. The Hall–Kier alpha value is -1.34. The largest absolute Gasteiger partial charge is 0.491 e. The number of carbonyl (C=O) groups is 1. The Labute approximate surface area is 124 Å². The zero-order valence-electron chi connectivity index (χ0n) is 11.0. The van der Waals surface area contributed by atoms with Crippen LogP contribution >= 0.6 is 15.9 Å². The third-order valence-electron chi connectivity index (χ3n) is 3.19. The molecule has 1 aromatic carbocycles. The lowest BCUT2D eigenvalue weighted by molar-refractivity contribution is 0.209. The number of aliphatic hydroxyl groups excluding tert-OH is 1. The van der Waals surface area contributed by atoms with Gasteiger partial charge in [0.15, 0.2) is 0 Å². The lowest BCUT2D eigenvalue weighted by atomic mass is 10.1. The Morgan fingerprint density at radius 2 is 2.40 bits per heavy atom. The summed E-state index contributed by atoms with van der Waals surface area (Å²) in [5.41, 5.74) is 0.727. The number of nitrogens with one attached hydrogen (secondary N) is 2. The first-order valence-electron chi connectivity index (χ1n) is 6.34. The van der Waals surface area contributed by atoms with Crippen molar-refractivity contribution in [1.82, 2.24) is 10.6 Å². The Balaban J connectivity index is 2.03. The second kappa shape index (κ2) is 6.41. The van der Waals surface area contributed by atoms with Gasteiger partial charge in [0.25, 0.3) is 0 Å². The van der Waals surface area contributed by atoms with E-state index in [1.807, 2.05) is 6.92 Å². The summed E-state index contributed by atoms with van der Waals surface area (Å²) in [5.74, 6) is 0.0328. The summed E-state index contributed by atoms with van der Waals surface area (Å²) in [4.78, 5) is 11.8. The molecule has 0 saturated carbocycles. The van der Waals surface area contributed by atoms with E-state index >= 15 is 0 Å². The van der Waals surface area contributed by atoms with Crippen molar-refractivity contribution in [3.05, 3.63) is 28.0 Å². The second-order valence-electron chi connectivity index (χ2n) is 4.57. The molecule has 0 radical (unpaired) electrons. The Bertz CT molecular complexity index is 509. The Morgan fingerprint density at radius 1 is 1.65 bits per heavy atom. The van der Waals surface area contributed by atoms with Gasteiger partial charge < -0.3 is 20.5 Å². The van der Waals surface area contributed by atoms with Crippen molar-refractivity contribution in [2.45, 2.75) is 25.4 Å². The number of fused-ring (bicyclic) bond motifs is 1. The molecule has 2 atom stereocenters. The van der Waals surface area contributed by atoms with Crippen LogP contribution in [0.3, 0.4) is 0 Å². The first-order valence-corrected chi connectivity index (χ1v) is 7.14. The molecule has 0 fully saturated rings. The molecule has 2 amide bonds. The van der Waals surface area contributed by atoms with Crippen LogP contribution in [0.4, 0.5) is 9.18 Å². The molecular formula is C13H16BrFN2O3. The van der Waals surface area contributed by atoms with Crippen LogP contribution in [-0.4, -0.2) is 30.4 Å². The number of amides is 2. The van der Waals surface area contributed by atoms with Crippen LogP contribution in [-0.2, 0) is 0 Å². The summed E-state index contributed by atoms with van der Waals surface area (Å²) < 4.78 is 19.1. The fourth-order valence-corrected chi connectivity index (χ4v) is 2.35. The van der Waals surface area contributed by atoms with Crippen LogP contribution in [0.25, 0.3) is 0 Å². The van der Waals surface area contributed by atoms with Crippen molar-refractivity contribution in [3.63, 3.8) is 0 Å². The van der Waals surface area contributed by atoms with Gasteiger partial charge in [0.05, 0.1) is 23.2 Å². The lowest BCUT2D eigenvalue weighted by Crippen LogP contribution is -2.45. The van der Waals surface area contributed by atoms with Crippen molar-refractivity contribution < 1.29 is 19.0 Å². The average Bonchev–Trinajstić information content (AvgIpc) is 2.79. The molecule has 0 spiro atoms. The third-order valence-corrected chi connectivity index (χ3v) is 3.80. The van der Waals surface area contributed by atoms with E-state index in [2.05, 4.69) is 26.6 Å². The van der Waals surface area contributed by atoms with Gasteiger partial charge in [-0.15, -0.1) is 0 Å². The van der Waals surface area contributed by atoms with E-state index in [0.717, 1.165) is 5.56 Å². The second-order valence-corrected chi connectivity index (χ2v) is 5.43. The van der Waals surface area contributed by atoms with Crippen LogP contribution in [0.5, 0.6) is 5.75 Å². The zero-order chi connectivity index (χ0) is 14.7. The normalized spacial score (nSPS) is 18.1. The molecule has 0 saturated heterocycles. The summed E-state index contributed by atoms with van der Waals surface area (Å²) in [6.07, 6.45) is 0.637. The maximum Gasteiger partial charge on any atom is 0.315 e. The van der Waals surface area contributed by atoms with Gasteiger partial charge in [-0.25, -0.2) is 9.18 Å². The van der Waals surface area contributed by atoms with Crippen LogP contribution in [0.15, 0.2) is 16.6 Å². The van der Waals surface area contributed by atoms with E-state index in [0.29, 0.717) is 16.6 Å². The van der Waals surface area contributed by atoms with Crippen molar-refractivity contribution in [3.8, 4) is 5.75 Å². The van der Waals surface area contributed by atoms with Crippen molar-refractivity contribution in [1.29, 1.82) is 0 Å². The number of carbonyl (C=O) groups excluding carboxylic acids is 1. The van der Waals surface area contributed by atoms with Crippen LogP contribution < -0.4 is 15.4 Å². The van der Waals surface area contributed by atoms with Crippen molar-refractivity contribution in [2.75, 3.05) is 13.2 Å². The highest BCUT2D eigenvalue weighted by atomic mass is 79.9. The predicted octanol–water partition coefficient (Wildman–Crippen LogP) is 2.09. The topological polar surface area (TPSA) is 70.6 Å². The predicted molar refractivity (Wildman–Crippen MR) is 75.2 cm³/mol. The number of halogens is 2. The summed E-state index contributed by atoms with van der Waals surface area (Å²) in [7, 11) is 0. The Morgan fingerprint density at radius 3 is 3.05 bits per heavy atom. The third kappa shape index (κ3) is 3.21. The fourth-order valence-electron chi connectivity index (χ4n) is 1.99. The molecule has 2 rings (SSSR count). The highest BCUT2D eigenvalue weighted by molar-refractivity contribution is 9.10. The molecule has 2 unspecified atom stereocenters. The zero-order valence-corrected chi connectivity index (χ0v) is 12.5. The molecule has 1 aliphatic heterocycles. The molecule has 7 heteroatoms. The number of benzene rings is 1. The molecule has 0 aromatic heterocycles. The molecule has 1 aromatic rings. The van der Waals surface area contributed by atoms with Gasteiger partial charge >= 0.3 is 6.03 Å². The van der Waals surface area contributed by atoms with Gasteiger partial charge in [-0.05, 0) is 28.4 Å². The molecule has 3 N–H and O–H groups in total. The van der Waals surface area contributed by atoms with E-state index in [4.69, 9.17) is 9.84 Å². The quantitative estimate of drug-likeness (QED) is 0.781. The number of aliphatic hydroxyl groups is 1. The first kappa shape index (κ1) is 15.1. The fraction of sp³-hybridized carbons (Fsp3) is 0.462. The van der Waals surface area contributed by atoms with E-state index in [-0.39, 0.29) is 31.3 Å². The maximum absolute atomic E-state index is 13.4. The van der Waals surface area contributed by atoms with Crippen LogP contribution in [0.2, 0.25) is 0 Å². The minimum Gasteiger partial charge on any atom is -0.491 e. The Kier molecular flexibility index (Phi) is 4.82. The standard InChI is InChI=1S/C13H16BrFN2O3/c1-2-7(5-18)16-13(19)17-11-6-20-12-4-10(15)9(14)3-8(11)12/h3-4,7,11,18H,2,5-6H2,1H3,(H2,16,17,19). The molecule has 1 aliphatic rings. The molecule has 110 valence electrons. The molecular weight excluding hydrogens is 331 g/mol. The highest BCUT2D eigenvalue weighted by Crippen LogP contribution is 2.35. The summed E-state index contributed by atoms with van der Waals surface area (Å²) in [5, 5.41) is 14.5. The van der Waals surface area contributed by atoms with Gasteiger partial charge in [0.2, 0.25) is 0 Å². The summed E-state index contributed by atoms with van der Waals surface area (Å²) in [6, 6.07) is 1.90. The van der Waals surface area contributed by atoms with E-state index in [9.17, 15) is 9.18 Å². The number of hydrogen-bond acceptors (Lipinski definition) is 3. The van der Waals surface area contributed by atoms with Crippen LogP contribution in [0.1, 0.15) is 24.9 Å². The van der Waals surface area contributed by atoms with Crippen molar-refractivity contribution >= 4 is 22.0 Å². The molecule has 0 aliphatic carbocycles. The van der Waals surface area contributed by atoms with E-state index in [1.165, 1.54) is 6.07 Å². The van der Waals surface area contributed by atoms with Gasteiger partial charge in [0, 0.05) is 11.6 Å². The lowest BCUT2D eigenvalue weighted by Gasteiger charge is -2.17. The van der Waals surface area contributed by atoms with Gasteiger partial charge in [-0.1, -0.05) is 6.92 Å². The SMILES string of the molecule is CCC(CO)NC(=O)NC1COc2cc(F)c(Br)cc21. The number of urea groups is 1. The van der Waals surface area contributed by atoms with Gasteiger partial charge in [0.1, 0.15) is 18.2 Å². The van der Waals surface area contributed by atoms with Crippen LogP contribution in [0, 0.1) is 5.82 Å². The minimum absolute atomic E-state index is 0.113. The van der Waals surface area contributed by atoms with Gasteiger partial charge in [-0.3, -0.25) is 0 Å². The van der Waals surface area contributed by atoms with E-state index < -0.39 is 5.82 Å². The van der Waals surface area contributed by atoms with E-state index in [1.54, 1.807) is 6.07 Å². The number of ether oxygens (including phenoxy) is 1. The number of rotatable bonds is 4. The number of hydrogen-bond donors (Lipinski definition) is 3. The van der Waals surface area contributed by atoms with Crippen molar-refractivity contribution in [2.24, 2.45) is 0 Å². The minimum atomic E-state index is -0.403. The van der Waals surface area contributed by atoms with Gasteiger partial charge in [-0.2, -0.15) is 0 Å². The smallest absolute Gasteiger partial charge is 0.315 e. The monoisotopic (exact) mass is 346 g/mol. The summed E-state index contributed by atoms with van der Waals surface area (Å²) in [6.45, 7) is 2.02. The maximum atomic E-state index is 13.4. The highest BCUT2D eigenvalue weighted by Gasteiger charge is 2.27. The molecule has 5 nitrogen and oxygen atoms in total. The summed E-state index contributed by atoms with van der Waals surface area (Å²) >= 11 is 3.11. The molecule has 0 bridgehead atoms. The average molecular weight is 347 g/mol.